The van der Waals surface area contributed by atoms with Crippen molar-refractivity contribution in [2.24, 2.45) is 0 Å². The van der Waals surface area contributed by atoms with Gasteiger partial charge in [0.05, 0.1) is 10.7 Å². The van der Waals surface area contributed by atoms with E-state index < -0.39 is 5.91 Å². The van der Waals surface area contributed by atoms with E-state index in [0.29, 0.717) is 22.2 Å². The van der Waals surface area contributed by atoms with Crippen LogP contribution in [0.25, 0.3) is 11.3 Å². The highest BCUT2D eigenvalue weighted by molar-refractivity contribution is 6.34. The number of hydrogen-bond donors (Lipinski definition) is 2. The Bertz CT molecular complexity index is 925. The van der Waals surface area contributed by atoms with E-state index in [1.807, 2.05) is 0 Å². The summed E-state index contributed by atoms with van der Waals surface area (Å²) in [7, 11) is 0. The van der Waals surface area contributed by atoms with Gasteiger partial charge in [-0.15, -0.1) is 0 Å². The largest absolute Gasteiger partial charge is 0.355 e. The number of nitrogens with one attached hydrogen (secondary N) is 2. The number of benzene rings is 1. The first-order valence-corrected chi connectivity index (χ1v) is 7.66. The third kappa shape index (κ3) is 4.02. The van der Waals surface area contributed by atoms with Crippen molar-refractivity contribution in [2.45, 2.75) is 6.92 Å². The Morgan fingerprint density at radius 1 is 1.08 bits per heavy atom. The number of anilines is 2. The predicted octanol–water partition coefficient (Wildman–Crippen LogP) is 3.60. The first kappa shape index (κ1) is 16.7. The predicted molar refractivity (Wildman–Crippen MR) is 93.4 cm³/mol. The molecule has 0 saturated carbocycles. The third-order valence-electron chi connectivity index (χ3n) is 3.25. The van der Waals surface area contributed by atoms with E-state index in [-0.39, 0.29) is 11.6 Å². The van der Waals surface area contributed by atoms with Crippen molar-refractivity contribution in [3.63, 3.8) is 0 Å². The number of pyridine rings is 1. The van der Waals surface area contributed by atoms with Gasteiger partial charge in [0.25, 0.3) is 5.91 Å². The van der Waals surface area contributed by atoms with Gasteiger partial charge in [0.2, 0.25) is 5.91 Å². The molecular formula is C17H13ClN4O3. The van der Waals surface area contributed by atoms with Crippen molar-refractivity contribution >= 4 is 34.8 Å². The van der Waals surface area contributed by atoms with E-state index in [2.05, 4.69) is 20.8 Å². The molecule has 2 N–H and O–H groups in total. The summed E-state index contributed by atoms with van der Waals surface area (Å²) in [5.41, 5.74) is 1.84. The van der Waals surface area contributed by atoms with E-state index in [9.17, 15) is 9.59 Å². The fraction of sp³-hybridized carbons (Fsp3) is 0.0588. The van der Waals surface area contributed by atoms with Crippen LogP contribution in [0.1, 0.15) is 17.4 Å². The second kappa shape index (κ2) is 7.14. The molecule has 0 aliphatic heterocycles. The zero-order chi connectivity index (χ0) is 17.8. The molecule has 126 valence electrons. The molecule has 0 aliphatic rings. The monoisotopic (exact) mass is 356 g/mol. The molecule has 0 radical (unpaired) electrons. The minimum atomic E-state index is -0.438. The third-order valence-corrected chi connectivity index (χ3v) is 3.56. The van der Waals surface area contributed by atoms with Crippen LogP contribution in [0.3, 0.4) is 0 Å². The Kier molecular flexibility index (Phi) is 4.76. The van der Waals surface area contributed by atoms with Crippen molar-refractivity contribution in [1.82, 2.24) is 10.1 Å². The quantitative estimate of drug-likeness (QED) is 0.744. The van der Waals surface area contributed by atoms with Gasteiger partial charge in [-0.25, -0.2) is 0 Å². The number of carbonyl (C=O) groups is 2. The Hall–Kier alpha value is -3.19. The fourth-order valence-electron chi connectivity index (χ4n) is 2.11. The van der Waals surface area contributed by atoms with Crippen LogP contribution in [-0.2, 0) is 4.79 Å². The summed E-state index contributed by atoms with van der Waals surface area (Å²) in [5.74, 6) is -0.205. The van der Waals surface area contributed by atoms with Crippen LogP contribution in [0.15, 0.2) is 53.3 Å². The lowest BCUT2D eigenvalue weighted by molar-refractivity contribution is -0.114. The number of amides is 2. The van der Waals surface area contributed by atoms with Crippen molar-refractivity contribution in [3.8, 4) is 11.3 Å². The molecule has 2 aromatic heterocycles. The summed E-state index contributed by atoms with van der Waals surface area (Å²) in [6, 6.07) is 9.81. The van der Waals surface area contributed by atoms with Gasteiger partial charge < -0.3 is 15.2 Å². The van der Waals surface area contributed by atoms with Crippen molar-refractivity contribution in [1.29, 1.82) is 0 Å². The average molecular weight is 357 g/mol. The summed E-state index contributed by atoms with van der Waals surface area (Å²) in [6.45, 7) is 1.39. The molecule has 0 spiro atoms. The minimum Gasteiger partial charge on any atom is -0.355 e. The van der Waals surface area contributed by atoms with Crippen LogP contribution in [0.2, 0.25) is 5.02 Å². The molecule has 8 heteroatoms. The SMILES string of the molecule is CC(=O)Nc1ccc(NC(=O)c2cc(-c3ccncc3)on2)cc1Cl. The smallest absolute Gasteiger partial charge is 0.277 e. The molecule has 3 aromatic rings. The summed E-state index contributed by atoms with van der Waals surface area (Å²) < 4.78 is 5.18. The molecule has 0 bridgehead atoms. The standard InChI is InChI=1S/C17H13ClN4O3/c1-10(23)20-14-3-2-12(8-13(14)18)21-17(24)15-9-16(25-22-15)11-4-6-19-7-5-11/h2-9H,1H3,(H,20,23)(H,21,24). The Balaban J connectivity index is 1.73. The second-order valence-electron chi connectivity index (χ2n) is 5.14. The van der Waals surface area contributed by atoms with Gasteiger partial charge >= 0.3 is 0 Å². The molecular weight excluding hydrogens is 344 g/mol. The Labute approximate surface area is 148 Å². The van der Waals surface area contributed by atoms with Crippen LogP contribution >= 0.6 is 11.6 Å². The van der Waals surface area contributed by atoms with E-state index in [1.165, 1.54) is 19.1 Å². The molecule has 2 heterocycles. The van der Waals surface area contributed by atoms with Gasteiger partial charge in [0.15, 0.2) is 11.5 Å². The Morgan fingerprint density at radius 2 is 1.84 bits per heavy atom. The van der Waals surface area contributed by atoms with Crippen LogP contribution in [0.5, 0.6) is 0 Å². The minimum absolute atomic E-state index is 0.133. The molecule has 0 aliphatic carbocycles. The van der Waals surface area contributed by atoms with Crippen LogP contribution < -0.4 is 10.6 Å². The maximum Gasteiger partial charge on any atom is 0.277 e. The van der Waals surface area contributed by atoms with Crippen LogP contribution in [-0.4, -0.2) is 22.0 Å². The van der Waals surface area contributed by atoms with E-state index in [4.69, 9.17) is 16.1 Å². The molecule has 7 nitrogen and oxygen atoms in total. The van der Waals surface area contributed by atoms with Crippen molar-refractivity contribution in [2.75, 3.05) is 10.6 Å². The lowest BCUT2D eigenvalue weighted by atomic mass is 10.2. The van der Waals surface area contributed by atoms with E-state index >= 15 is 0 Å². The average Bonchev–Trinajstić information content (AvgIpc) is 3.08. The maximum atomic E-state index is 12.3. The van der Waals surface area contributed by atoms with E-state index in [0.717, 1.165) is 5.56 Å². The lowest BCUT2D eigenvalue weighted by Crippen LogP contribution is -2.12. The fourth-order valence-corrected chi connectivity index (χ4v) is 2.34. The highest BCUT2D eigenvalue weighted by atomic mass is 35.5. The number of carbonyl (C=O) groups excluding carboxylic acids is 2. The Morgan fingerprint density at radius 3 is 2.52 bits per heavy atom. The molecule has 0 saturated heterocycles. The zero-order valence-corrected chi connectivity index (χ0v) is 13.9. The lowest BCUT2D eigenvalue weighted by Gasteiger charge is -2.08. The molecule has 1 aromatic carbocycles. The highest BCUT2D eigenvalue weighted by Gasteiger charge is 2.14. The zero-order valence-electron chi connectivity index (χ0n) is 13.1. The van der Waals surface area contributed by atoms with Crippen LogP contribution in [0, 0.1) is 0 Å². The number of rotatable bonds is 4. The molecule has 25 heavy (non-hydrogen) atoms. The van der Waals surface area contributed by atoms with Crippen molar-refractivity contribution < 1.29 is 14.1 Å². The van der Waals surface area contributed by atoms with Gasteiger partial charge in [-0.05, 0) is 30.3 Å². The van der Waals surface area contributed by atoms with Gasteiger partial charge in [-0.1, -0.05) is 16.8 Å². The molecule has 3 rings (SSSR count). The van der Waals surface area contributed by atoms with Gasteiger partial charge in [0, 0.05) is 36.6 Å². The summed E-state index contributed by atoms with van der Waals surface area (Å²) in [5, 5.41) is 9.35. The first-order valence-electron chi connectivity index (χ1n) is 7.28. The maximum absolute atomic E-state index is 12.3. The summed E-state index contributed by atoms with van der Waals surface area (Å²) in [4.78, 5) is 27.3. The summed E-state index contributed by atoms with van der Waals surface area (Å²) in [6.07, 6.45) is 3.24. The highest BCUT2D eigenvalue weighted by Crippen LogP contribution is 2.26. The molecule has 0 unspecified atom stereocenters. The van der Waals surface area contributed by atoms with E-state index in [1.54, 1.807) is 36.7 Å². The molecule has 2 amide bonds. The van der Waals surface area contributed by atoms with Crippen molar-refractivity contribution in [3.05, 3.63) is 59.5 Å². The van der Waals surface area contributed by atoms with Gasteiger partial charge in [-0.3, -0.25) is 14.6 Å². The number of hydrogen-bond acceptors (Lipinski definition) is 5. The van der Waals surface area contributed by atoms with Gasteiger partial charge in [-0.2, -0.15) is 0 Å². The first-order chi connectivity index (χ1) is 12.0. The molecule has 0 fully saturated rings. The number of nitrogens with zero attached hydrogens (tertiary/aromatic N) is 2. The van der Waals surface area contributed by atoms with Crippen LogP contribution in [0.4, 0.5) is 11.4 Å². The second-order valence-corrected chi connectivity index (χ2v) is 5.55. The number of halogens is 1. The topological polar surface area (TPSA) is 97.1 Å². The summed E-state index contributed by atoms with van der Waals surface area (Å²) >= 11 is 6.08. The van der Waals surface area contributed by atoms with Gasteiger partial charge in [0.1, 0.15) is 0 Å². The number of aromatic nitrogens is 2. The molecule has 0 atom stereocenters. The normalized spacial score (nSPS) is 10.3.